The molecule has 0 aliphatic heterocycles. The fourth-order valence-corrected chi connectivity index (χ4v) is 1.89. The summed E-state index contributed by atoms with van der Waals surface area (Å²) >= 11 is 3.47. The first-order chi connectivity index (χ1) is 8.16. The topological polar surface area (TPSA) is 48.1 Å². The Morgan fingerprint density at radius 1 is 1.35 bits per heavy atom. The first kappa shape index (κ1) is 12.1. The van der Waals surface area contributed by atoms with Crippen molar-refractivity contribution in [1.82, 2.24) is 4.98 Å². The zero-order valence-electron chi connectivity index (χ0n) is 9.43. The predicted octanol–water partition coefficient (Wildman–Crippen LogP) is 3.66. The number of ether oxygens (including phenoxy) is 1. The molecule has 3 nitrogen and oxygen atoms in total. The van der Waals surface area contributed by atoms with Gasteiger partial charge in [-0.1, -0.05) is 6.07 Å². The monoisotopic (exact) mass is 292 g/mol. The number of pyridine rings is 1. The van der Waals surface area contributed by atoms with Crippen LogP contribution >= 0.6 is 15.9 Å². The first-order valence-electron chi connectivity index (χ1n) is 5.30. The van der Waals surface area contributed by atoms with Crippen LogP contribution in [0, 0.1) is 0 Å². The summed E-state index contributed by atoms with van der Waals surface area (Å²) in [5.41, 5.74) is 6.88. The van der Waals surface area contributed by atoms with E-state index in [-0.39, 0.29) is 6.04 Å². The van der Waals surface area contributed by atoms with Crippen LogP contribution in [0.3, 0.4) is 0 Å². The van der Waals surface area contributed by atoms with Gasteiger partial charge in [0.25, 0.3) is 0 Å². The Labute approximate surface area is 109 Å². The molecule has 0 radical (unpaired) electrons. The van der Waals surface area contributed by atoms with E-state index in [2.05, 4.69) is 20.9 Å². The van der Waals surface area contributed by atoms with Gasteiger partial charge in [0.05, 0.1) is 10.7 Å². The van der Waals surface area contributed by atoms with Crippen molar-refractivity contribution >= 4 is 15.9 Å². The van der Waals surface area contributed by atoms with Crippen LogP contribution in [-0.2, 0) is 0 Å². The van der Waals surface area contributed by atoms with Crippen molar-refractivity contribution in [2.75, 3.05) is 0 Å². The van der Waals surface area contributed by atoms with Crippen molar-refractivity contribution in [1.29, 1.82) is 0 Å². The summed E-state index contributed by atoms with van der Waals surface area (Å²) in [6.45, 7) is 1.95. The van der Waals surface area contributed by atoms with Crippen molar-refractivity contribution in [3.05, 3.63) is 52.8 Å². The van der Waals surface area contributed by atoms with E-state index in [1.807, 2.05) is 37.3 Å². The first-order valence-corrected chi connectivity index (χ1v) is 6.09. The fourth-order valence-electron chi connectivity index (χ4n) is 1.42. The van der Waals surface area contributed by atoms with Crippen LogP contribution in [-0.4, -0.2) is 4.98 Å². The Hall–Kier alpha value is -1.39. The van der Waals surface area contributed by atoms with Crippen molar-refractivity contribution in [3.63, 3.8) is 0 Å². The number of rotatable bonds is 3. The number of hydrogen-bond acceptors (Lipinski definition) is 3. The second-order valence-corrected chi connectivity index (χ2v) is 4.62. The Balaban J connectivity index is 2.23. The molecule has 2 aromatic rings. The van der Waals surface area contributed by atoms with Gasteiger partial charge in [-0.05, 0) is 52.7 Å². The highest BCUT2D eigenvalue weighted by Crippen LogP contribution is 2.31. The maximum atomic E-state index is 5.81. The van der Waals surface area contributed by atoms with Crippen LogP contribution in [0.1, 0.15) is 18.5 Å². The molecular formula is C13H13BrN2O. The highest BCUT2D eigenvalue weighted by Gasteiger charge is 2.06. The fraction of sp³-hybridized carbons (Fsp3) is 0.154. The largest absolute Gasteiger partial charge is 0.455 e. The lowest BCUT2D eigenvalue weighted by Gasteiger charge is -2.10. The predicted molar refractivity (Wildman–Crippen MR) is 71.1 cm³/mol. The minimum Gasteiger partial charge on any atom is -0.455 e. The molecule has 0 saturated heterocycles. The van der Waals surface area contributed by atoms with Gasteiger partial charge in [0, 0.05) is 12.2 Å². The molecule has 0 aliphatic carbocycles. The zero-order valence-corrected chi connectivity index (χ0v) is 11.0. The molecule has 88 valence electrons. The van der Waals surface area contributed by atoms with E-state index in [0.29, 0.717) is 5.75 Å². The molecule has 1 atom stereocenters. The Morgan fingerprint density at radius 2 is 2.18 bits per heavy atom. The van der Waals surface area contributed by atoms with E-state index in [9.17, 15) is 0 Å². The van der Waals surface area contributed by atoms with E-state index >= 15 is 0 Å². The van der Waals surface area contributed by atoms with Crippen LogP contribution in [0.4, 0.5) is 0 Å². The smallest absolute Gasteiger partial charge is 0.145 e. The van der Waals surface area contributed by atoms with Crippen LogP contribution < -0.4 is 10.5 Å². The maximum absolute atomic E-state index is 5.81. The zero-order chi connectivity index (χ0) is 12.3. The molecule has 0 bridgehead atoms. The molecule has 1 unspecified atom stereocenters. The molecule has 2 rings (SSSR count). The van der Waals surface area contributed by atoms with E-state index < -0.39 is 0 Å². The summed E-state index contributed by atoms with van der Waals surface area (Å²) < 4.78 is 6.58. The summed E-state index contributed by atoms with van der Waals surface area (Å²) in [5, 5.41) is 0. The van der Waals surface area contributed by atoms with Gasteiger partial charge < -0.3 is 10.5 Å². The molecule has 0 saturated carbocycles. The summed E-state index contributed by atoms with van der Waals surface area (Å²) in [6.07, 6.45) is 3.38. The molecule has 0 spiro atoms. The lowest BCUT2D eigenvalue weighted by atomic mass is 10.1. The molecule has 0 fully saturated rings. The van der Waals surface area contributed by atoms with Gasteiger partial charge >= 0.3 is 0 Å². The average Bonchev–Trinajstić information content (AvgIpc) is 2.33. The quantitative estimate of drug-likeness (QED) is 0.939. The van der Waals surface area contributed by atoms with E-state index in [0.717, 1.165) is 15.8 Å². The van der Waals surface area contributed by atoms with Crippen LogP contribution in [0.15, 0.2) is 47.2 Å². The molecule has 1 heterocycles. The number of halogens is 1. The molecule has 4 heteroatoms. The standard InChI is InChI=1S/C13H13BrN2O/c1-9(15)10-4-5-13(12(14)7-10)17-11-3-2-6-16-8-11/h2-9H,15H2,1H3. The van der Waals surface area contributed by atoms with Gasteiger partial charge in [-0.2, -0.15) is 0 Å². The third kappa shape index (κ3) is 3.05. The highest BCUT2D eigenvalue weighted by molar-refractivity contribution is 9.10. The van der Waals surface area contributed by atoms with Crippen molar-refractivity contribution < 1.29 is 4.74 Å². The highest BCUT2D eigenvalue weighted by atomic mass is 79.9. The van der Waals surface area contributed by atoms with E-state index in [1.165, 1.54) is 0 Å². The molecule has 0 amide bonds. The summed E-state index contributed by atoms with van der Waals surface area (Å²) in [7, 11) is 0. The van der Waals surface area contributed by atoms with Gasteiger partial charge in [-0.15, -0.1) is 0 Å². The SMILES string of the molecule is CC(N)c1ccc(Oc2cccnc2)c(Br)c1. The van der Waals surface area contributed by atoms with Crippen molar-refractivity contribution in [3.8, 4) is 11.5 Å². The molecule has 0 aliphatic rings. The van der Waals surface area contributed by atoms with Crippen molar-refractivity contribution in [2.24, 2.45) is 5.73 Å². The molecule has 2 N–H and O–H groups in total. The van der Waals surface area contributed by atoms with Gasteiger partial charge in [0.15, 0.2) is 0 Å². The van der Waals surface area contributed by atoms with Gasteiger partial charge in [-0.3, -0.25) is 4.98 Å². The van der Waals surface area contributed by atoms with Gasteiger partial charge in [-0.25, -0.2) is 0 Å². The number of aromatic nitrogens is 1. The van der Waals surface area contributed by atoms with Crippen molar-refractivity contribution in [2.45, 2.75) is 13.0 Å². The summed E-state index contributed by atoms with van der Waals surface area (Å²) in [5.74, 6) is 1.46. The Kier molecular flexibility index (Phi) is 3.76. The van der Waals surface area contributed by atoms with Gasteiger partial charge in [0.2, 0.25) is 0 Å². The second-order valence-electron chi connectivity index (χ2n) is 3.77. The van der Waals surface area contributed by atoms with Crippen LogP contribution in [0.2, 0.25) is 0 Å². The molecule has 1 aromatic carbocycles. The minimum absolute atomic E-state index is 0.0127. The number of nitrogens with zero attached hydrogens (tertiary/aromatic N) is 1. The summed E-state index contributed by atoms with van der Waals surface area (Å²) in [6, 6.07) is 9.53. The normalized spacial score (nSPS) is 12.2. The Morgan fingerprint density at radius 3 is 2.76 bits per heavy atom. The lowest BCUT2D eigenvalue weighted by molar-refractivity contribution is 0.477. The van der Waals surface area contributed by atoms with E-state index in [4.69, 9.17) is 10.5 Å². The Bertz CT molecular complexity index is 500. The molecule has 1 aromatic heterocycles. The molecule has 17 heavy (non-hydrogen) atoms. The number of hydrogen-bond donors (Lipinski definition) is 1. The van der Waals surface area contributed by atoms with E-state index in [1.54, 1.807) is 12.4 Å². The lowest BCUT2D eigenvalue weighted by Crippen LogP contribution is -2.04. The van der Waals surface area contributed by atoms with Crippen LogP contribution in [0.25, 0.3) is 0 Å². The van der Waals surface area contributed by atoms with Crippen LogP contribution in [0.5, 0.6) is 11.5 Å². The number of nitrogens with two attached hydrogens (primary N) is 1. The number of benzene rings is 1. The maximum Gasteiger partial charge on any atom is 0.145 e. The average molecular weight is 293 g/mol. The minimum atomic E-state index is 0.0127. The third-order valence-corrected chi connectivity index (χ3v) is 2.96. The molecular weight excluding hydrogens is 280 g/mol. The summed E-state index contributed by atoms with van der Waals surface area (Å²) in [4.78, 5) is 4.00. The van der Waals surface area contributed by atoms with Gasteiger partial charge in [0.1, 0.15) is 11.5 Å². The second kappa shape index (κ2) is 5.29. The third-order valence-electron chi connectivity index (χ3n) is 2.34.